The van der Waals surface area contributed by atoms with E-state index in [2.05, 4.69) is 130 Å². The number of hydrogen-bond donors (Lipinski definition) is 0. The Morgan fingerprint density at radius 1 is 0.259 bits per heavy atom. The molecule has 6 heteroatoms. The molecule has 81 heavy (non-hydrogen) atoms. The first-order valence-corrected chi connectivity index (χ1v) is 34.4. The molecule has 0 aromatic heterocycles. The molecule has 0 amide bonds. The molecule has 464 valence electrons. The van der Waals surface area contributed by atoms with Crippen LogP contribution in [0.2, 0.25) is 0 Å². The number of rotatable bonds is 62. The molecule has 0 aliphatic rings. The lowest BCUT2D eigenvalue weighted by Crippen LogP contribution is -2.30. The molecule has 0 fully saturated rings. The maximum atomic E-state index is 13.0. The molecule has 0 radical (unpaired) electrons. The van der Waals surface area contributed by atoms with Gasteiger partial charge in [-0.05, 0) is 128 Å². The Balaban J connectivity index is 4.42. The van der Waals surface area contributed by atoms with Crippen LogP contribution in [0.5, 0.6) is 0 Å². The van der Waals surface area contributed by atoms with E-state index >= 15 is 0 Å². The summed E-state index contributed by atoms with van der Waals surface area (Å²) in [7, 11) is 0. The molecule has 0 N–H and O–H groups in total. The van der Waals surface area contributed by atoms with Gasteiger partial charge in [-0.15, -0.1) is 0 Å². The van der Waals surface area contributed by atoms with Gasteiger partial charge in [0.1, 0.15) is 13.2 Å². The van der Waals surface area contributed by atoms with Gasteiger partial charge in [-0.3, -0.25) is 14.4 Å². The third kappa shape index (κ3) is 66.8. The van der Waals surface area contributed by atoms with E-state index in [0.29, 0.717) is 19.3 Å². The minimum Gasteiger partial charge on any atom is -0.462 e. The average molecular weight is 1130 g/mol. The van der Waals surface area contributed by atoms with Crippen molar-refractivity contribution < 1.29 is 28.6 Å². The Morgan fingerprint density at radius 2 is 0.481 bits per heavy atom. The molecule has 1 unspecified atom stereocenters. The zero-order valence-corrected chi connectivity index (χ0v) is 53.3. The number of unbranched alkanes of at least 4 members (excludes halogenated alkanes) is 33. The maximum absolute atomic E-state index is 13.0. The fourth-order valence-electron chi connectivity index (χ4n) is 9.59. The molecule has 6 nitrogen and oxygen atoms in total. The van der Waals surface area contributed by atoms with Crippen molar-refractivity contribution in [1.29, 1.82) is 0 Å². The van der Waals surface area contributed by atoms with Gasteiger partial charge in [-0.1, -0.05) is 291 Å². The fourth-order valence-corrected chi connectivity index (χ4v) is 9.59. The van der Waals surface area contributed by atoms with E-state index in [9.17, 15) is 14.4 Å². The first-order valence-electron chi connectivity index (χ1n) is 34.4. The molecule has 0 saturated heterocycles. The van der Waals surface area contributed by atoms with Crippen LogP contribution in [0.4, 0.5) is 0 Å². The second-order valence-corrected chi connectivity index (χ2v) is 22.7. The lowest BCUT2D eigenvalue weighted by Gasteiger charge is -2.18. The molecular formula is C75H128O6. The van der Waals surface area contributed by atoms with Crippen molar-refractivity contribution in [3.05, 3.63) is 109 Å². The quantitative estimate of drug-likeness (QED) is 0.0261. The summed E-state index contributed by atoms with van der Waals surface area (Å²) in [6.45, 7) is 6.52. The minimum atomic E-state index is -0.799. The molecule has 0 spiro atoms. The van der Waals surface area contributed by atoms with Gasteiger partial charge in [0, 0.05) is 19.3 Å². The van der Waals surface area contributed by atoms with E-state index in [0.717, 1.165) is 116 Å². The summed E-state index contributed by atoms with van der Waals surface area (Å²) in [6, 6.07) is 0. The number of esters is 3. The summed E-state index contributed by atoms with van der Waals surface area (Å²) < 4.78 is 16.9. The Hall–Kier alpha value is -3.93. The molecular weight excluding hydrogens is 997 g/mol. The van der Waals surface area contributed by atoms with Crippen LogP contribution in [0, 0.1) is 0 Å². The maximum Gasteiger partial charge on any atom is 0.306 e. The van der Waals surface area contributed by atoms with Crippen molar-refractivity contribution in [1.82, 2.24) is 0 Å². The van der Waals surface area contributed by atoms with Gasteiger partial charge < -0.3 is 14.2 Å². The average Bonchev–Trinajstić information content (AvgIpc) is 3.47. The highest BCUT2D eigenvalue weighted by Gasteiger charge is 2.19. The van der Waals surface area contributed by atoms with Gasteiger partial charge in [-0.2, -0.15) is 0 Å². The lowest BCUT2D eigenvalue weighted by atomic mass is 10.0. The predicted molar refractivity (Wildman–Crippen MR) is 353 cm³/mol. The second kappa shape index (κ2) is 68.6. The van der Waals surface area contributed by atoms with E-state index in [1.165, 1.54) is 173 Å². The molecule has 0 rings (SSSR count). The van der Waals surface area contributed by atoms with Crippen molar-refractivity contribution in [2.24, 2.45) is 0 Å². The number of ether oxygens (including phenoxy) is 3. The van der Waals surface area contributed by atoms with Crippen LogP contribution in [0.15, 0.2) is 109 Å². The first-order chi connectivity index (χ1) is 40.0. The predicted octanol–water partition coefficient (Wildman–Crippen LogP) is 23.8. The molecule has 1 atom stereocenters. The Bertz CT molecular complexity index is 1620. The van der Waals surface area contributed by atoms with E-state index in [1.807, 2.05) is 0 Å². The largest absolute Gasteiger partial charge is 0.462 e. The van der Waals surface area contributed by atoms with E-state index < -0.39 is 6.10 Å². The topological polar surface area (TPSA) is 78.9 Å². The summed E-state index contributed by atoms with van der Waals surface area (Å²) >= 11 is 0. The third-order valence-electron chi connectivity index (χ3n) is 14.7. The molecule has 0 aliphatic heterocycles. The van der Waals surface area contributed by atoms with Crippen molar-refractivity contribution in [2.45, 2.75) is 335 Å². The van der Waals surface area contributed by atoms with Crippen LogP contribution in [0.25, 0.3) is 0 Å². The second-order valence-electron chi connectivity index (χ2n) is 22.7. The van der Waals surface area contributed by atoms with Crippen molar-refractivity contribution in [3.8, 4) is 0 Å². The Kier molecular flexibility index (Phi) is 65.2. The smallest absolute Gasteiger partial charge is 0.306 e. The Labute approximate surface area is 501 Å². The van der Waals surface area contributed by atoms with Crippen LogP contribution in [0.1, 0.15) is 329 Å². The summed E-state index contributed by atoms with van der Waals surface area (Å²) in [5, 5.41) is 0. The lowest BCUT2D eigenvalue weighted by molar-refractivity contribution is -0.167. The zero-order valence-electron chi connectivity index (χ0n) is 53.3. The third-order valence-corrected chi connectivity index (χ3v) is 14.7. The molecule has 0 aromatic carbocycles. The van der Waals surface area contributed by atoms with Crippen LogP contribution in [0.3, 0.4) is 0 Å². The van der Waals surface area contributed by atoms with Gasteiger partial charge in [0.2, 0.25) is 0 Å². The summed E-state index contributed by atoms with van der Waals surface area (Å²) in [4.78, 5) is 38.4. The van der Waals surface area contributed by atoms with Crippen LogP contribution < -0.4 is 0 Å². The van der Waals surface area contributed by atoms with E-state index in [-0.39, 0.29) is 31.1 Å². The van der Waals surface area contributed by atoms with Crippen molar-refractivity contribution >= 4 is 17.9 Å². The highest BCUT2D eigenvalue weighted by molar-refractivity contribution is 5.71. The summed E-state index contributed by atoms with van der Waals surface area (Å²) in [5.41, 5.74) is 0. The summed E-state index contributed by atoms with van der Waals surface area (Å²) in [5.74, 6) is -0.924. The molecule has 0 aliphatic carbocycles. The monoisotopic (exact) mass is 1120 g/mol. The highest BCUT2D eigenvalue weighted by Crippen LogP contribution is 2.16. The molecule has 0 bridgehead atoms. The van der Waals surface area contributed by atoms with Gasteiger partial charge >= 0.3 is 17.9 Å². The standard InChI is InChI=1S/C75H128O6/c1-4-7-10-13-16-19-22-25-28-30-32-34-36-37-39-40-42-44-47-50-53-56-59-62-65-68-74(77)80-71-72(70-79-73(76)67-64-61-58-55-52-49-46-27-24-21-18-15-12-9-6-3)81-75(78)69-66-63-60-57-54-51-48-45-43-41-38-35-33-31-29-26-23-20-17-14-11-8-5-2/h7,10,16,19,25,27-28,31-34,37,39,42,44,46,50,53,72H,4-6,8-9,11-15,17-18,20-24,26,29-30,35-36,38,40-41,43,45,47-49,51-52,54-71H2,1-3H3/b10-7-,19-16-,28-25-,33-31-,34-32-,39-37-,44-42-,46-27-,53-50-. The molecule has 0 saturated carbocycles. The number of hydrogen-bond acceptors (Lipinski definition) is 6. The number of allylic oxidation sites excluding steroid dienone is 18. The number of carbonyl (C=O) groups is 3. The van der Waals surface area contributed by atoms with Gasteiger partial charge in [0.25, 0.3) is 0 Å². The van der Waals surface area contributed by atoms with Crippen molar-refractivity contribution in [3.63, 3.8) is 0 Å². The fraction of sp³-hybridized carbons (Fsp3) is 0.720. The van der Waals surface area contributed by atoms with Crippen molar-refractivity contribution in [2.75, 3.05) is 13.2 Å². The van der Waals surface area contributed by atoms with Gasteiger partial charge in [0.15, 0.2) is 6.10 Å². The zero-order chi connectivity index (χ0) is 58.5. The highest BCUT2D eigenvalue weighted by atomic mass is 16.6. The molecule has 0 heterocycles. The minimum absolute atomic E-state index is 0.0930. The van der Waals surface area contributed by atoms with Crippen LogP contribution in [-0.2, 0) is 28.6 Å². The number of carbonyl (C=O) groups excluding carboxylic acids is 3. The van der Waals surface area contributed by atoms with Crippen LogP contribution >= 0.6 is 0 Å². The normalized spacial score (nSPS) is 12.8. The first kappa shape index (κ1) is 77.1. The van der Waals surface area contributed by atoms with Gasteiger partial charge in [0.05, 0.1) is 0 Å². The summed E-state index contributed by atoms with van der Waals surface area (Å²) in [6.07, 6.45) is 93.9. The SMILES string of the molecule is CC/C=C\C/C=C\C/C=C\C/C=C\C/C=C\C/C=C\C/C=C\CCCCCC(=O)OCC(COC(=O)CCCCCCC/C=C\CCCCCCCC)OC(=O)CCCCCCCCCCCCC/C=C\CCCCCCCCCC. The Morgan fingerprint density at radius 3 is 0.778 bits per heavy atom. The molecule has 0 aromatic rings. The van der Waals surface area contributed by atoms with Crippen LogP contribution in [-0.4, -0.2) is 37.2 Å². The van der Waals surface area contributed by atoms with Gasteiger partial charge in [-0.25, -0.2) is 0 Å². The van der Waals surface area contributed by atoms with E-state index in [4.69, 9.17) is 14.2 Å². The van der Waals surface area contributed by atoms with E-state index in [1.54, 1.807) is 0 Å².